The van der Waals surface area contributed by atoms with Crippen molar-refractivity contribution >= 4 is 29.7 Å². The predicted molar refractivity (Wildman–Crippen MR) is 212 cm³/mol. The zero-order chi connectivity index (χ0) is 43.1. The fourth-order valence-electron chi connectivity index (χ4n) is 13.5. The first-order valence-corrected chi connectivity index (χ1v) is 21.5. The van der Waals surface area contributed by atoms with E-state index in [9.17, 15) is 24.0 Å². The van der Waals surface area contributed by atoms with Crippen molar-refractivity contribution in [2.75, 3.05) is 13.7 Å². The molecule has 0 amide bonds. The second-order valence-corrected chi connectivity index (χ2v) is 20.6. The molecule has 2 heterocycles. The minimum atomic E-state index is -1.07. The Hall–Kier alpha value is -3.65. The molecule has 14 nitrogen and oxygen atoms in total. The Morgan fingerprint density at radius 2 is 1.54 bits per heavy atom. The lowest BCUT2D eigenvalue weighted by Gasteiger charge is -2.70. The molecule has 0 N–H and O–H groups in total. The van der Waals surface area contributed by atoms with Gasteiger partial charge in [-0.25, -0.2) is 4.68 Å². The number of esters is 4. The molecule has 1 saturated heterocycles. The fraction of sp³-hybridized carbons (Fsp3) is 0.800. The van der Waals surface area contributed by atoms with Gasteiger partial charge in [0.15, 0.2) is 24.2 Å². The van der Waals surface area contributed by atoms with Gasteiger partial charge in [-0.2, -0.15) is 0 Å². The molecule has 1 aliphatic heterocycles. The van der Waals surface area contributed by atoms with Crippen molar-refractivity contribution < 1.29 is 52.4 Å². The van der Waals surface area contributed by atoms with Gasteiger partial charge < -0.3 is 28.4 Å². The monoisotopic (exact) mass is 823 g/mol. The third-order valence-electron chi connectivity index (χ3n) is 16.8. The van der Waals surface area contributed by atoms with Crippen molar-refractivity contribution in [3.05, 3.63) is 23.5 Å². The molecule has 0 spiro atoms. The molecule has 7 rings (SSSR count). The zero-order valence-electron chi connectivity index (χ0n) is 36.9. The number of nitrogens with zero attached hydrogens (tertiary/aromatic N) is 3. The molecule has 14 heteroatoms. The number of ketones is 1. The molecule has 4 saturated carbocycles. The number of aromatic nitrogens is 3. The van der Waals surface area contributed by atoms with E-state index in [0.717, 1.165) is 57.8 Å². The Labute approximate surface area is 348 Å². The predicted octanol–water partition coefficient (Wildman–Crippen LogP) is 6.64. The molecule has 6 aliphatic rings. The number of carbonyl (C=O) groups excluding carboxylic acids is 5. The first kappa shape index (κ1) is 43.4. The average Bonchev–Trinajstić information content (AvgIpc) is 3.75. The highest BCUT2D eigenvalue weighted by Gasteiger charge is 2.70. The van der Waals surface area contributed by atoms with Crippen LogP contribution in [0, 0.1) is 50.2 Å². The maximum absolute atomic E-state index is 14.9. The molecule has 0 bridgehead atoms. The second-order valence-electron chi connectivity index (χ2n) is 20.6. The third-order valence-corrected chi connectivity index (χ3v) is 16.8. The summed E-state index contributed by atoms with van der Waals surface area (Å²) in [5.41, 5.74) is 0.439. The Balaban J connectivity index is 1.09. The highest BCUT2D eigenvalue weighted by molar-refractivity contribution is 5.95. The Kier molecular flexibility index (Phi) is 11.1. The lowest BCUT2D eigenvalue weighted by molar-refractivity contribution is -0.211. The first-order chi connectivity index (χ1) is 27.5. The highest BCUT2D eigenvalue weighted by atomic mass is 16.7. The first-order valence-electron chi connectivity index (χ1n) is 21.5. The van der Waals surface area contributed by atoms with Gasteiger partial charge in [-0.05, 0) is 110 Å². The number of allylic oxidation sites excluding steroid dienone is 2. The van der Waals surface area contributed by atoms with Gasteiger partial charge >= 0.3 is 23.9 Å². The van der Waals surface area contributed by atoms with Crippen LogP contribution in [-0.4, -0.2) is 82.8 Å². The Bertz CT molecular complexity index is 1910. The van der Waals surface area contributed by atoms with Crippen LogP contribution in [0.25, 0.3) is 0 Å². The summed E-state index contributed by atoms with van der Waals surface area (Å²) in [6.45, 7) is 19.9. The van der Waals surface area contributed by atoms with Gasteiger partial charge in [0.1, 0.15) is 18.4 Å². The molecule has 1 aromatic rings. The highest BCUT2D eigenvalue weighted by Crippen LogP contribution is 2.75. The minimum Gasteiger partial charge on any atom is -0.469 e. The molecule has 13 atom stereocenters. The Morgan fingerprint density at radius 1 is 0.864 bits per heavy atom. The molecule has 5 fully saturated rings. The molecule has 1 aromatic heterocycles. The molecule has 326 valence electrons. The van der Waals surface area contributed by atoms with Crippen LogP contribution in [0.2, 0.25) is 0 Å². The van der Waals surface area contributed by atoms with Crippen molar-refractivity contribution in [3.63, 3.8) is 0 Å². The maximum Gasteiger partial charge on any atom is 0.311 e. The summed E-state index contributed by atoms with van der Waals surface area (Å²) >= 11 is 0. The van der Waals surface area contributed by atoms with Gasteiger partial charge in [0.25, 0.3) is 0 Å². The van der Waals surface area contributed by atoms with Gasteiger partial charge in [0.2, 0.25) is 0 Å². The van der Waals surface area contributed by atoms with Crippen molar-refractivity contribution in [1.29, 1.82) is 0 Å². The number of carbonyl (C=O) groups is 5. The van der Waals surface area contributed by atoms with E-state index in [2.05, 4.69) is 64.9 Å². The van der Waals surface area contributed by atoms with E-state index in [-0.39, 0.29) is 75.9 Å². The van der Waals surface area contributed by atoms with Crippen molar-refractivity contribution in [3.8, 4) is 0 Å². The summed E-state index contributed by atoms with van der Waals surface area (Å²) < 4.78 is 35.8. The van der Waals surface area contributed by atoms with E-state index >= 15 is 0 Å². The summed E-state index contributed by atoms with van der Waals surface area (Å²) in [5.74, 6) is -1.38. The topological polar surface area (TPSA) is 171 Å². The van der Waals surface area contributed by atoms with Gasteiger partial charge in [-0.15, -0.1) is 5.10 Å². The number of fused-ring (bicyclic) bond motifs is 7. The van der Waals surface area contributed by atoms with Crippen LogP contribution in [0.5, 0.6) is 0 Å². The SMILES string of the molecule is COC(=O)[C@@]1(C)CC[C@]2(C)CC[C@]3(C)C(=CC(=O)[C@@H]4[C@@]5(C)CC[C@H](OCc6cn(C7O[C@H](COC(C)=O)[C@@H](OC(C)=O)[C@H]7OC(C)=O)nn6)C(C)(C)C5CC[C@]43C)[C@H]2C1. The third kappa shape index (κ3) is 7.05. The number of hydrogen-bond acceptors (Lipinski definition) is 13. The number of methoxy groups -OCH3 is 1. The number of rotatable bonds is 9. The fourth-order valence-corrected chi connectivity index (χ4v) is 13.5. The van der Waals surface area contributed by atoms with E-state index in [0.29, 0.717) is 5.69 Å². The minimum absolute atomic E-state index is 0.0559. The van der Waals surface area contributed by atoms with Crippen LogP contribution in [0.15, 0.2) is 17.8 Å². The van der Waals surface area contributed by atoms with Crippen LogP contribution >= 0.6 is 0 Å². The van der Waals surface area contributed by atoms with Crippen LogP contribution < -0.4 is 0 Å². The quantitative estimate of drug-likeness (QED) is 0.192. The van der Waals surface area contributed by atoms with Gasteiger partial charge in [0.05, 0.1) is 31.4 Å². The normalized spacial score (nSPS) is 42.2. The van der Waals surface area contributed by atoms with E-state index in [4.69, 9.17) is 28.4 Å². The van der Waals surface area contributed by atoms with E-state index in [1.54, 1.807) is 6.20 Å². The molecular weight excluding hydrogens is 759 g/mol. The standard InChI is InChI=1S/C45H65N3O11/c1-25(49)55-24-32-35(57-26(2)50)36(58-27(3)51)38(59-32)48-22-28(46-47-48)23-56-34-13-14-43(8)33(40(34,4)5)12-15-45(10)37(43)31(52)20-29-30-21-42(7,39(53)54-11)17-16-41(30,6)18-19-44(29,45)9/h20,22,30,32-38H,12-19,21,23-24H2,1-11H3/t30-,32-,33?,34+,35-,36-,37-,38?,41-,42+,43+,44-,45-/m1/s1. The van der Waals surface area contributed by atoms with Crippen LogP contribution in [0.1, 0.15) is 139 Å². The molecular formula is C45H65N3O11. The van der Waals surface area contributed by atoms with E-state index in [1.807, 2.05) is 0 Å². The largest absolute Gasteiger partial charge is 0.469 e. The van der Waals surface area contributed by atoms with Gasteiger partial charge in [-0.1, -0.05) is 52.3 Å². The number of ether oxygens (including phenoxy) is 6. The molecule has 0 radical (unpaired) electrons. The second kappa shape index (κ2) is 15.1. The van der Waals surface area contributed by atoms with Crippen LogP contribution in [0.4, 0.5) is 0 Å². The summed E-state index contributed by atoms with van der Waals surface area (Å²) in [4.78, 5) is 63.7. The molecule has 0 aromatic carbocycles. The smallest absolute Gasteiger partial charge is 0.311 e. The van der Waals surface area contributed by atoms with Crippen LogP contribution in [-0.2, 0) is 59.0 Å². The zero-order valence-corrected chi connectivity index (χ0v) is 36.9. The van der Waals surface area contributed by atoms with Crippen molar-refractivity contribution in [2.24, 2.45) is 50.2 Å². The number of hydrogen-bond donors (Lipinski definition) is 0. The summed E-state index contributed by atoms with van der Waals surface area (Å²) in [6, 6.07) is 0. The van der Waals surface area contributed by atoms with Crippen molar-refractivity contribution in [1.82, 2.24) is 15.0 Å². The van der Waals surface area contributed by atoms with Crippen molar-refractivity contribution in [2.45, 2.75) is 164 Å². The van der Waals surface area contributed by atoms with Gasteiger partial charge in [0, 0.05) is 26.7 Å². The Morgan fingerprint density at radius 3 is 2.20 bits per heavy atom. The molecule has 2 unspecified atom stereocenters. The summed E-state index contributed by atoms with van der Waals surface area (Å²) in [6.07, 6.45) is 7.73. The molecule has 59 heavy (non-hydrogen) atoms. The lowest BCUT2D eigenvalue weighted by atomic mass is 9.33. The van der Waals surface area contributed by atoms with E-state index < -0.39 is 47.9 Å². The van der Waals surface area contributed by atoms with E-state index in [1.165, 1.54) is 38.1 Å². The maximum atomic E-state index is 14.9. The molecule has 5 aliphatic carbocycles. The summed E-state index contributed by atoms with van der Waals surface area (Å²) in [7, 11) is 1.48. The lowest BCUT2D eigenvalue weighted by Crippen LogP contribution is -2.66. The average molecular weight is 824 g/mol. The van der Waals surface area contributed by atoms with Gasteiger partial charge in [-0.3, -0.25) is 24.0 Å². The van der Waals surface area contributed by atoms with Crippen LogP contribution in [0.3, 0.4) is 0 Å². The summed E-state index contributed by atoms with van der Waals surface area (Å²) in [5, 5.41) is 8.64.